The van der Waals surface area contributed by atoms with Crippen LogP contribution in [0.15, 0.2) is 18.3 Å². The first-order valence-corrected chi connectivity index (χ1v) is 5.20. The minimum Gasteiger partial charge on any atom is -0.467 e. The zero-order valence-corrected chi connectivity index (χ0v) is 9.34. The number of aromatic nitrogens is 1. The van der Waals surface area contributed by atoms with Crippen molar-refractivity contribution in [1.29, 1.82) is 0 Å². The van der Waals surface area contributed by atoms with E-state index in [0.29, 0.717) is 12.2 Å². The molecule has 1 amide bonds. The molecule has 0 aromatic carbocycles. The molecule has 1 aliphatic rings. The number of ether oxygens (including phenoxy) is 1. The fraction of sp³-hybridized carbons (Fsp3) is 0.364. The van der Waals surface area contributed by atoms with E-state index in [9.17, 15) is 9.59 Å². The molecule has 0 radical (unpaired) electrons. The van der Waals surface area contributed by atoms with E-state index >= 15 is 0 Å². The molecule has 1 aromatic rings. The standard InChI is InChI=1S/C11H13N3O3/c1-17-11(16)9-7(10(15)14-9)4-6-2-3-13-8(12)5-6/h2-3,5,7,9H,4H2,1H3,(H2,12,13)(H,14,15)/t7-,9+/m1/s1. The molecule has 0 saturated carbocycles. The van der Waals surface area contributed by atoms with Crippen molar-refractivity contribution in [2.45, 2.75) is 12.5 Å². The van der Waals surface area contributed by atoms with Crippen molar-refractivity contribution in [2.75, 3.05) is 12.8 Å². The monoisotopic (exact) mass is 235 g/mol. The van der Waals surface area contributed by atoms with Gasteiger partial charge in [0.2, 0.25) is 5.91 Å². The molecule has 1 fully saturated rings. The predicted molar refractivity (Wildman–Crippen MR) is 59.8 cm³/mol. The summed E-state index contributed by atoms with van der Waals surface area (Å²) in [6.07, 6.45) is 2.03. The summed E-state index contributed by atoms with van der Waals surface area (Å²) in [4.78, 5) is 26.6. The van der Waals surface area contributed by atoms with Gasteiger partial charge in [0.15, 0.2) is 0 Å². The SMILES string of the molecule is COC(=O)[C@H]1NC(=O)[C@@H]1Cc1ccnc(N)c1. The number of nitrogens with one attached hydrogen (secondary N) is 1. The van der Waals surface area contributed by atoms with Gasteiger partial charge in [-0.25, -0.2) is 9.78 Å². The average molecular weight is 235 g/mol. The summed E-state index contributed by atoms with van der Waals surface area (Å²) < 4.78 is 4.60. The summed E-state index contributed by atoms with van der Waals surface area (Å²) in [5, 5.41) is 2.52. The number of nitrogen functional groups attached to an aromatic ring is 1. The molecule has 17 heavy (non-hydrogen) atoms. The van der Waals surface area contributed by atoms with Crippen LogP contribution in [0.3, 0.4) is 0 Å². The summed E-state index contributed by atoms with van der Waals surface area (Å²) in [6, 6.07) is 2.91. The van der Waals surface area contributed by atoms with E-state index < -0.39 is 12.0 Å². The first-order valence-electron chi connectivity index (χ1n) is 5.20. The number of methoxy groups -OCH3 is 1. The molecule has 2 atom stereocenters. The first-order chi connectivity index (χ1) is 8.11. The van der Waals surface area contributed by atoms with Gasteiger partial charge in [0.25, 0.3) is 0 Å². The van der Waals surface area contributed by atoms with Crippen molar-refractivity contribution in [3.8, 4) is 0 Å². The van der Waals surface area contributed by atoms with Crippen LogP contribution in [0.5, 0.6) is 0 Å². The number of pyridine rings is 1. The number of carbonyl (C=O) groups is 2. The molecule has 0 spiro atoms. The van der Waals surface area contributed by atoms with Crippen molar-refractivity contribution in [3.63, 3.8) is 0 Å². The van der Waals surface area contributed by atoms with E-state index in [1.165, 1.54) is 7.11 Å². The van der Waals surface area contributed by atoms with Crippen LogP contribution in [0.25, 0.3) is 0 Å². The number of nitrogens with zero attached hydrogens (tertiary/aromatic N) is 1. The molecule has 0 unspecified atom stereocenters. The summed E-state index contributed by atoms with van der Waals surface area (Å²) in [5.41, 5.74) is 6.43. The fourth-order valence-electron chi connectivity index (χ4n) is 1.85. The third-order valence-electron chi connectivity index (χ3n) is 2.79. The lowest BCUT2D eigenvalue weighted by molar-refractivity contribution is -0.155. The van der Waals surface area contributed by atoms with Crippen LogP contribution in [0.1, 0.15) is 5.56 Å². The number of esters is 1. The lowest BCUT2D eigenvalue weighted by atomic mass is 9.85. The number of hydrogen-bond donors (Lipinski definition) is 2. The van der Waals surface area contributed by atoms with Gasteiger partial charge in [0.05, 0.1) is 13.0 Å². The van der Waals surface area contributed by atoms with Crippen molar-refractivity contribution in [3.05, 3.63) is 23.9 Å². The van der Waals surface area contributed by atoms with Gasteiger partial charge in [-0.3, -0.25) is 4.79 Å². The summed E-state index contributed by atoms with van der Waals surface area (Å²) in [7, 11) is 1.30. The minimum absolute atomic E-state index is 0.143. The van der Waals surface area contributed by atoms with Crippen LogP contribution in [0.4, 0.5) is 5.82 Å². The highest BCUT2D eigenvalue weighted by molar-refractivity contribution is 5.97. The van der Waals surface area contributed by atoms with E-state index in [4.69, 9.17) is 5.73 Å². The molecule has 6 nitrogen and oxygen atoms in total. The van der Waals surface area contributed by atoms with Gasteiger partial charge >= 0.3 is 5.97 Å². The minimum atomic E-state index is -0.554. The van der Waals surface area contributed by atoms with Crippen LogP contribution in [-0.2, 0) is 20.7 Å². The van der Waals surface area contributed by atoms with Crippen LogP contribution >= 0.6 is 0 Å². The van der Waals surface area contributed by atoms with Gasteiger partial charge in [0.1, 0.15) is 11.9 Å². The Bertz CT molecular complexity index is 461. The van der Waals surface area contributed by atoms with Crippen LogP contribution in [0, 0.1) is 5.92 Å². The van der Waals surface area contributed by atoms with E-state index in [-0.39, 0.29) is 11.8 Å². The van der Waals surface area contributed by atoms with Crippen molar-refractivity contribution < 1.29 is 14.3 Å². The predicted octanol–water partition coefficient (Wildman–Crippen LogP) is -0.506. The van der Waals surface area contributed by atoms with E-state index in [1.807, 2.05) is 0 Å². The fourth-order valence-corrected chi connectivity index (χ4v) is 1.85. The summed E-state index contributed by atoms with van der Waals surface area (Å²) in [6.45, 7) is 0. The number of rotatable bonds is 3. The van der Waals surface area contributed by atoms with Gasteiger partial charge in [-0.1, -0.05) is 0 Å². The number of hydrogen-bond acceptors (Lipinski definition) is 5. The van der Waals surface area contributed by atoms with Gasteiger partial charge in [-0.05, 0) is 24.1 Å². The average Bonchev–Trinajstić information content (AvgIpc) is 2.32. The van der Waals surface area contributed by atoms with Crippen LogP contribution < -0.4 is 11.1 Å². The maximum absolute atomic E-state index is 11.4. The molecule has 0 aliphatic carbocycles. The van der Waals surface area contributed by atoms with Gasteiger partial charge in [-0.2, -0.15) is 0 Å². The van der Waals surface area contributed by atoms with E-state index in [0.717, 1.165) is 5.56 Å². The Hall–Kier alpha value is -2.11. The molecule has 1 aliphatic heterocycles. The van der Waals surface area contributed by atoms with E-state index in [1.54, 1.807) is 18.3 Å². The topological polar surface area (TPSA) is 94.3 Å². The third kappa shape index (κ3) is 2.20. The molecule has 1 aromatic heterocycles. The van der Waals surface area contributed by atoms with Crippen LogP contribution in [-0.4, -0.2) is 30.0 Å². The summed E-state index contributed by atoms with van der Waals surface area (Å²) >= 11 is 0. The molecule has 2 heterocycles. The highest BCUT2D eigenvalue weighted by Crippen LogP contribution is 2.21. The molecule has 0 bridgehead atoms. The number of anilines is 1. The highest BCUT2D eigenvalue weighted by atomic mass is 16.5. The second kappa shape index (κ2) is 4.40. The first kappa shape index (κ1) is 11.4. The molecule has 2 rings (SSSR count). The highest BCUT2D eigenvalue weighted by Gasteiger charge is 2.44. The number of amides is 1. The lowest BCUT2D eigenvalue weighted by Gasteiger charge is -2.34. The number of nitrogens with two attached hydrogens (primary N) is 1. The zero-order valence-electron chi connectivity index (χ0n) is 9.34. The Morgan fingerprint density at radius 3 is 3.00 bits per heavy atom. The van der Waals surface area contributed by atoms with Crippen molar-refractivity contribution in [2.24, 2.45) is 5.92 Å². The maximum Gasteiger partial charge on any atom is 0.329 e. The molecular formula is C11H13N3O3. The molecule has 90 valence electrons. The summed E-state index contributed by atoms with van der Waals surface area (Å²) in [5.74, 6) is -0.548. The van der Waals surface area contributed by atoms with E-state index in [2.05, 4.69) is 15.0 Å². The molecule has 6 heteroatoms. The molecular weight excluding hydrogens is 222 g/mol. The Morgan fingerprint density at radius 1 is 1.65 bits per heavy atom. The normalized spacial score (nSPS) is 22.5. The molecule has 1 saturated heterocycles. The lowest BCUT2D eigenvalue weighted by Crippen LogP contribution is -2.62. The maximum atomic E-state index is 11.4. The molecule has 3 N–H and O–H groups in total. The second-order valence-corrected chi connectivity index (χ2v) is 3.91. The Morgan fingerprint density at radius 2 is 2.41 bits per heavy atom. The van der Waals surface area contributed by atoms with Gasteiger partial charge < -0.3 is 15.8 Å². The Balaban J connectivity index is 2.07. The smallest absolute Gasteiger partial charge is 0.329 e. The number of carbonyl (C=O) groups excluding carboxylic acids is 2. The Kier molecular flexibility index (Phi) is 2.95. The quantitative estimate of drug-likeness (QED) is 0.543. The van der Waals surface area contributed by atoms with Gasteiger partial charge in [0, 0.05) is 6.20 Å². The zero-order chi connectivity index (χ0) is 12.4. The third-order valence-corrected chi connectivity index (χ3v) is 2.79. The van der Waals surface area contributed by atoms with Gasteiger partial charge in [-0.15, -0.1) is 0 Å². The van der Waals surface area contributed by atoms with Crippen LogP contribution in [0.2, 0.25) is 0 Å². The van der Waals surface area contributed by atoms with Crippen molar-refractivity contribution >= 4 is 17.7 Å². The number of β-lactam (4-membered cyclic amide) rings is 1. The van der Waals surface area contributed by atoms with Crippen molar-refractivity contribution in [1.82, 2.24) is 10.3 Å². The largest absolute Gasteiger partial charge is 0.467 e. The second-order valence-electron chi connectivity index (χ2n) is 3.91. The Labute approximate surface area is 98.2 Å².